The second-order valence-electron chi connectivity index (χ2n) is 8.01. The lowest BCUT2D eigenvalue weighted by molar-refractivity contribution is -0.123. The lowest BCUT2D eigenvalue weighted by Crippen LogP contribution is -2.53. The van der Waals surface area contributed by atoms with Crippen molar-refractivity contribution in [1.29, 1.82) is 0 Å². The molecule has 5 N–H and O–H groups in total. The fourth-order valence-electron chi connectivity index (χ4n) is 4.15. The quantitative estimate of drug-likeness (QED) is 0.474. The van der Waals surface area contributed by atoms with Gasteiger partial charge in [-0.3, -0.25) is 4.79 Å². The number of carbonyl (C=O) groups is 1. The van der Waals surface area contributed by atoms with E-state index in [0.29, 0.717) is 19.3 Å². The number of aliphatic hydroxyl groups is 1. The summed E-state index contributed by atoms with van der Waals surface area (Å²) in [6.07, 6.45) is 5.57. The van der Waals surface area contributed by atoms with Crippen molar-refractivity contribution in [3.05, 3.63) is 54.5 Å². The van der Waals surface area contributed by atoms with Gasteiger partial charge in [0.05, 0.1) is 11.4 Å². The number of aromatic nitrogens is 3. The highest BCUT2D eigenvalue weighted by atomic mass is 16.3. The van der Waals surface area contributed by atoms with Crippen LogP contribution in [-0.2, 0) is 4.79 Å². The number of rotatable bonds is 7. The Morgan fingerprint density at radius 3 is 2.73 bits per heavy atom. The van der Waals surface area contributed by atoms with E-state index < -0.39 is 5.54 Å². The van der Waals surface area contributed by atoms with Crippen LogP contribution in [0.15, 0.2) is 48.9 Å². The summed E-state index contributed by atoms with van der Waals surface area (Å²) in [7, 11) is 0. The van der Waals surface area contributed by atoms with Gasteiger partial charge in [0.25, 0.3) is 0 Å². The van der Waals surface area contributed by atoms with Gasteiger partial charge in [0, 0.05) is 37.9 Å². The van der Waals surface area contributed by atoms with E-state index in [2.05, 4.69) is 25.2 Å². The summed E-state index contributed by atoms with van der Waals surface area (Å²) < 4.78 is 0. The number of hydrogen-bond acceptors (Lipinski definition) is 6. The van der Waals surface area contributed by atoms with E-state index in [1.165, 1.54) is 0 Å². The predicted octanol–water partition coefficient (Wildman–Crippen LogP) is 1.89. The molecule has 8 heteroatoms. The van der Waals surface area contributed by atoms with Crippen LogP contribution >= 0.6 is 0 Å². The van der Waals surface area contributed by atoms with E-state index in [1.54, 1.807) is 6.33 Å². The van der Waals surface area contributed by atoms with Gasteiger partial charge < -0.3 is 26.0 Å². The number of benzene rings is 1. The van der Waals surface area contributed by atoms with Gasteiger partial charge in [-0.25, -0.2) is 9.97 Å². The van der Waals surface area contributed by atoms with Gasteiger partial charge in [0.1, 0.15) is 17.8 Å². The number of nitrogens with two attached hydrogens (primary N) is 1. The lowest BCUT2D eigenvalue weighted by atomic mass is 9.85. The van der Waals surface area contributed by atoms with Gasteiger partial charge in [-0.15, -0.1) is 0 Å². The Bertz CT molecular complexity index is 981. The molecule has 4 rings (SSSR count). The molecule has 1 aliphatic heterocycles. The lowest BCUT2D eigenvalue weighted by Gasteiger charge is -2.39. The Labute approximate surface area is 175 Å². The predicted molar refractivity (Wildman–Crippen MR) is 116 cm³/mol. The molecule has 3 aromatic rings. The summed E-state index contributed by atoms with van der Waals surface area (Å²) >= 11 is 0. The fraction of sp³-hybridized carbons (Fsp3) is 0.409. The van der Waals surface area contributed by atoms with Crippen molar-refractivity contribution < 1.29 is 9.90 Å². The standard InChI is InChI=1S/C22H28N6O2/c23-22(14-19(30)27-18(7-13-29)16-4-2-1-3-5-16)8-11-28(12-9-22)21-17-6-10-24-20(17)25-15-26-21/h1-6,10,15,18,29H,7-9,11-14,23H2,(H,27,30)(H,24,25,26)/t18-/m0/s1. The second kappa shape index (κ2) is 8.81. The third-order valence-corrected chi connectivity index (χ3v) is 5.86. The molecule has 2 aromatic heterocycles. The van der Waals surface area contributed by atoms with Crippen molar-refractivity contribution in [3.63, 3.8) is 0 Å². The molecule has 0 spiro atoms. The molecule has 3 heterocycles. The number of piperidine rings is 1. The first kappa shape index (κ1) is 20.3. The molecule has 1 amide bonds. The number of anilines is 1. The van der Waals surface area contributed by atoms with Gasteiger partial charge in [-0.2, -0.15) is 0 Å². The Kier molecular flexibility index (Phi) is 5.96. The number of fused-ring (bicyclic) bond motifs is 1. The Morgan fingerprint density at radius 2 is 2.00 bits per heavy atom. The molecule has 1 aliphatic rings. The molecule has 0 aliphatic carbocycles. The van der Waals surface area contributed by atoms with Gasteiger partial charge >= 0.3 is 0 Å². The summed E-state index contributed by atoms with van der Waals surface area (Å²) in [6.45, 7) is 1.48. The molecule has 1 aromatic carbocycles. The van der Waals surface area contributed by atoms with Crippen LogP contribution in [0.1, 0.15) is 37.3 Å². The topological polar surface area (TPSA) is 120 Å². The molecular weight excluding hydrogens is 380 g/mol. The maximum absolute atomic E-state index is 12.8. The highest BCUT2D eigenvalue weighted by molar-refractivity contribution is 5.87. The summed E-state index contributed by atoms with van der Waals surface area (Å²) in [6, 6.07) is 11.5. The third kappa shape index (κ3) is 4.44. The first-order valence-electron chi connectivity index (χ1n) is 10.3. The monoisotopic (exact) mass is 408 g/mol. The Morgan fingerprint density at radius 1 is 1.23 bits per heavy atom. The SMILES string of the molecule is NC1(CC(=O)N[C@@H](CCO)c2ccccc2)CCN(c2ncnc3[nH]ccc23)CC1. The summed E-state index contributed by atoms with van der Waals surface area (Å²) in [5, 5.41) is 13.4. The highest BCUT2D eigenvalue weighted by Crippen LogP contribution is 2.29. The molecule has 8 nitrogen and oxygen atoms in total. The fourth-order valence-corrected chi connectivity index (χ4v) is 4.15. The van der Waals surface area contributed by atoms with Crippen molar-refractivity contribution in [2.45, 2.75) is 37.3 Å². The second-order valence-corrected chi connectivity index (χ2v) is 8.01. The third-order valence-electron chi connectivity index (χ3n) is 5.86. The van der Waals surface area contributed by atoms with E-state index in [0.717, 1.165) is 35.5 Å². The van der Waals surface area contributed by atoms with Gasteiger partial charge in [0.15, 0.2) is 0 Å². The molecule has 0 saturated carbocycles. The summed E-state index contributed by atoms with van der Waals surface area (Å²) in [4.78, 5) is 26.8. The first-order chi connectivity index (χ1) is 14.6. The number of hydrogen-bond donors (Lipinski definition) is 4. The number of nitrogens with zero attached hydrogens (tertiary/aromatic N) is 3. The van der Waals surface area contributed by atoms with Crippen LogP contribution in [0.4, 0.5) is 5.82 Å². The van der Waals surface area contributed by atoms with Crippen LogP contribution in [0.5, 0.6) is 0 Å². The highest BCUT2D eigenvalue weighted by Gasteiger charge is 2.34. The molecule has 0 bridgehead atoms. The van der Waals surface area contributed by atoms with E-state index in [4.69, 9.17) is 5.73 Å². The zero-order valence-corrected chi connectivity index (χ0v) is 16.9. The number of carbonyl (C=O) groups excluding carboxylic acids is 1. The molecule has 158 valence electrons. The molecular formula is C22H28N6O2. The maximum atomic E-state index is 12.8. The molecule has 1 fully saturated rings. The van der Waals surface area contributed by atoms with Crippen molar-refractivity contribution in [1.82, 2.24) is 20.3 Å². The van der Waals surface area contributed by atoms with E-state index >= 15 is 0 Å². The average molecular weight is 409 g/mol. The zero-order chi connectivity index (χ0) is 21.0. The van der Waals surface area contributed by atoms with Crippen LogP contribution in [-0.4, -0.2) is 51.2 Å². The van der Waals surface area contributed by atoms with Crippen LogP contribution in [0.3, 0.4) is 0 Å². The average Bonchev–Trinajstić information content (AvgIpc) is 3.23. The molecule has 1 atom stereocenters. The van der Waals surface area contributed by atoms with Gasteiger partial charge in [-0.05, 0) is 30.9 Å². The first-order valence-corrected chi connectivity index (χ1v) is 10.3. The van der Waals surface area contributed by atoms with Crippen LogP contribution in [0, 0.1) is 0 Å². The number of amides is 1. The van der Waals surface area contributed by atoms with Crippen LogP contribution in [0.25, 0.3) is 11.0 Å². The summed E-state index contributed by atoms with van der Waals surface area (Å²) in [5.74, 6) is 0.822. The molecule has 0 unspecified atom stereocenters. The number of H-pyrrole nitrogens is 1. The largest absolute Gasteiger partial charge is 0.396 e. The van der Waals surface area contributed by atoms with Gasteiger partial charge in [-0.1, -0.05) is 30.3 Å². The molecule has 0 radical (unpaired) electrons. The molecule has 1 saturated heterocycles. The smallest absolute Gasteiger partial charge is 0.222 e. The normalized spacial score (nSPS) is 17.1. The van der Waals surface area contributed by atoms with E-state index in [9.17, 15) is 9.90 Å². The number of nitrogens with one attached hydrogen (secondary N) is 2. The number of aliphatic hydroxyl groups excluding tert-OH is 1. The molecule has 30 heavy (non-hydrogen) atoms. The van der Waals surface area contributed by atoms with Gasteiger partial charge in [0.2, 0.25) is 5.91 Å². The minimum atomic E-state index is -0.550. The maximum Gasteiger partial charge on any atom is 0.222 e. The number of aromatic amines is 1. The zero-order valence-electron chi connectivity index (χ0n) is 16.9. The minimum Gasteiger partial charge on any atom is -0.396 e. The Hall–Kier alpha value is -2.97. The van der Waals surface area contributed by atoms with Crippen LogP contribution in [0.2, 0.25) is 0 Å². The van der Waals surface area contributed by atoms with Crippen molar-refractivity contribution in [3.8, 4) is 0 Å². The van der Waals surface area contributed by atoms with Crippen molar-refractivity contribution in [2.75, 3.05) is 24.6 Å². The van der Waals surface area contributed by atoms with E-state index in [1.807, 2.05) is 42.6 Å². The summed E-state index contributed by atoms with van der Waals surface area (Å²) in [5.41, 5.74) is 7.86. The van der Waals surface area contributed by atoms with Crippen molar-refractivity contribution >= 4 is 22.8 Å². The van der Waals surface area contributed by atoms with Crippen LogP contribution < -0.4 is 16.0 Å². The van der Waals surface area contributed by atoms with Crippen molar-refractivity contribution in [2.24, 2.45) is 5.73 Å². The minimum absolute atomic E-state index is 0.00905. The Balaban J connectivity index is 1.37. The van der Waals surface area contributed by atoms with E-state index in [-0.39, 0.29) is 25.0 Å².